The molecule has 1 aliphatic heterocycles. The number of nitrogens with zero attached hydrogens (tertiary/aromatic N) is 2. The van der Waals surface area contributed by atoms with Crippen molar-refractivity contribution in [1.29, 1.82) is 0 Å². The molecule has 1 N–H and O–H groups in total. The summed E-state index contributed by atoms with van der Waals surface area (Å²) in [6.45, 7) is 0.000976. The van der Waals surface area contributed by atoms with E-state index in [1.165, 1.54) is 24.3 Å². The molecule has 1 heterocycles. The van der Waals surface area contributed by atoms with Gasteiger partial charge in [-0.05, 0) is 53.9 Å². The van der Waals surface area contributed by atoms with Crippen LogP contribution in [-0.2, 0) is 18.0 Å². The SMILES string of the molecule is O=C(Nc1ccc(OC(F)(F)F)cc1)N1CC(Cc2ccccc2)(c2ccccc2)C(c2ccc(C(F)(F)F)c(Cl)c2)=N1. The van der Waals surface area contributed by atoms with Gasteiger partial charge in [0.05, 0.1) is 28.3 Å². The Morgan fingerprint density at radius 1 is 0.884 bits per heavy atom. The Kier molecular flexibility index (Phi) is 8.11. The summed E-state index contributed by atoms with van der Waals surface area (Å²) in [6, 6.07) is 25.7. The second-order valence-electron chi connectivity index (χ2n) is 9.81. The lowest BCUT2D eigenvalue weighted by Gasteiger charge is -2.32. The first-order valence-electron chi connectivity index (χ1n) is 12.8. The molecule has 0 aromatic heterocycles. The number of nitrogens with one attached hydrogen (secondary N) is 1. The second kappa shape index (κ2) is 11.6. The molecule has 222 valence electrons. The molecule has 0 aliphatic carbocycles. The maximum Gasteiger partial charge on any atom is 0.573 e. The fourth-order valence-corrected chi connectivity index (χ4v) is 5.31. The highest BCUT2D eigenvalue weighted by Gasteiger charge is 2.47. The largest absolute Gasteiger partial charge is 0.573 e. The number of alkyl halides is 6. The maximum atomic E-state index is 13.5. The Hall–Kier alpha value is -4.51. The maximum absolute atomic E-state index is 13.5. The van der Waals surface area contributed by atoms with Crippen molar-refractivity contribution in [3.8, 4) is 5.75 Å². The first-order chi connectivity index (χ1) is 20.3. The van der Waals surface area contributed by atoms with Crippen molar-refractivity contribution in [2.45, 2.75) is 24.4 Å². The fraction of sp³-hybridized carbons (Fsp3) is 0.161. The minimum atomic E-state index is -4.87. The highest BCUT2D eigenvalue weighted by molar-refractivity contribution is 6.32. The molecule has 4 aromatic carbocycles. The minimum Gasteiger partial charge on any atom is -0.406 e. The van der Waals surface area contributed by atoms with E-state index in [0.29, 0.717) is 17.7 Å². The zero-order chi connectivity index (χ0) is 30.8. The molecule has 1 atom stereocenters. The molecule has 0 saturated carbocycles. The molecule has 0 saturated heterocycles. The highest BCUT2D eigenvalue weighted by Crippen LogP contribution is 2.41. The van der Waals surface area contributed by atoms with Crippen LogP contribution in [-0.4, -0.2) is 29.7 Å². The number of benzene rings is 4. The summed E-state index contributed by atoms with van der Waals surface area (Å²) in [5.74, 6) is -0.461. The summed E-state index contributed by atoms with van der Waals surface area (Å²) in [7, 11) is 0. The molecule has 1 unspecified atom stereocenters. The van der Waals surface area contributed by atoms with Gasteiger partial charge in [-0.3, -0.25) is 0 Å². The molecule has 43 heavy (non-hydrogen) atoms. The number of halogens is 7. The van der Waals surface area contributed by atoms with Crippen LogP contribution in [0.1, 0.15) is 22.3 Å². The Bertz CT molecular complexity index is 1630. The van der Waals surface area contributed by atoms with Gasteiger partial charge in [0.2, 0.25) is 0 Å². The van der Waals surface area contributed by atoms with Crippen LogP contribution in [0.2, 0.25) is 5.02 Å². The third-order valence-corrected chi connectivity index (χ3v) is 7.20. The van der Waals surface area contributed by atoms with Crippen molar-refractivity contribution in [1.82, 2.24) is 5.01 Å². The van der Waals surface area contributed by atoms with Gasteiger partial charge in [-0.1, -0.05) is 78.3 Å². The van der Waals surface area contributed by atoms with Gasteiger partial charge in [0.25, 0.3) is 0 Å². The van der Waals surface area contributed by atoms with Gasteiger partial charge in [-0.2, -0.15) is 18.3 Å². The average Bonchev–Trinajstić information content (AvgIpc) is 3.34. The van der Waals surface area contributed by atoms with Crippen LogP contribution in [0.25, 0.3) is 0 Å². The van der Waals surface area contributed by atoms with Gasteiger partial charge in [0, 0.05) is 11.3 Å². The number of hydrogen-bond donors (Lipinski definition) is 1. The van der Waals surface area contributed by atoms with Gasteiger partial charge in [0.15, 0.2) is 0 Å². The molecule has 1 aliphatic rings. The quantitative estimate of drug-likeness (QED) is 0.220. The fourth-order valence-electron chi connectivity index (χ4n) is 5.03. The summed E-state index contributed by atoms with van der Waals surface area (Å²) in [5.41, 5.74) is 0.431. The summed E-state index contributed by atoms with van der Waals surface area (Å²) in [4.78, 5) is 13.5. The second-order valence-corrected chi connectivity index (χ2v) is 10.2. The van der Waals surface area contributed by atoms with Crippen LogP contribution in [0.15, 0.2) is 108 Å². The predicted molar refractivity (Wildman–Crippen MR) is 150 cm³/mol. The van der Waals surface area contributed by atoms with E-state index in [1.807, 2.05) is 60.7 Å². The molecule has 0 bridgehead atoms. The Labute approximate surface area is 247 Å². The Balaban J connectivity index is 1.55. The zero-order valence-electron chi connectivity index (χ0n) is 22.1. The van der Waals surface area contributed by atoms with Crippen molar-refractivity contribution < 1.29 is 35.9 Å². The highest BCUT2D eigenvalue weighted by atomic mass is 35.5. The summed E-state index contributed by atoms with van der Waals surface area (Å²) >= 11 is 6.10. The first kappa shape index (κ1) is 30.0. The van der Waals surface area contributed by atoms with E-state index in [4.69, 9.17) is 11.6 Å². The van der Waals surface area contributed by atoms with E-state index >= 15 is 0 Å². The van der Waals surface area contributed by atoms with Crippen LogP contribution in [0.4, 0.5) is 36.8 Å². The molecule has 0 radical (unpaired) electrons. The number of hydrogen-bond acceptors (Lipinski definition) is 3. The summed E-state index contributed by atoms with van der Waals surface area (Å²) < 4.78 is 82.0. The van der Waals surface area contributed by atoms with Gasteiger partial charge in [-0.15, -0.1) is 13.2 Å². The van der Waals surface area contributed by atoms with E-state index in [0.717, 1.165) is 34.3 Å². The monoisotopic (exact) mass is 617 g/mol. The topological polar surface area (TPSA) is 53.9 Å². The van der Waals surface area contributed by atoms with Gasteiger partial charge < -0.3 is 10.1 Å². The first-order valence-corrected chi connectivity index (χ1v) is 13.2. The third-order valence-electron chi connectivity index (χ3n) is 6.89. The lowest BCUT2D eigenvalue weighted by atomic mass is 9.70. The molecule has 4 aromatic rings. The lowest BCUT2D eigenvalue weighted by Crippen LogP contribution is -2.43. The molecular weight excluding hydrogens is 596 g/mol. The molecule has 5 nitrogen and oxygen atoms in total. The Morgan fingerprint density at radius 2 is 1.51 bits per heavy atom. The normalized spacial score (nSPS) is 17.0. The zero-order valence-corrected chi connectivity index (χ0v) is 22.8. The number of urea groups is 1. The number of rotatable bonds is 6. The van der Waals surface area contributed by atoms with Gasteiger partial charge >= 0.3 is 18.6 Å². The van der Waals surface area contributed by atoms with Gasteiger partial charge in [-0.25, -0.2) is 9.80 Å². The van der Waals surface area contributed by atoms with Crippen molar-refractivity contribution in [3.63, 3.8) is 0 Å². The number of ether oxygens (including phenoxy) is 1. The third kappa shape index (κ3) is 6.77. The lowest BCUT2D eigenvalue weighted by molar-refractivity contribution is -0.274. The van der Waals surface area contributed by atoms with Crippen molar-refractivity contribution >= 4 is 29.0 Å². The summed E-state index contributed by atoms with van der Waals surface area (Å²) in [5, 5.41) is 7.85. The van der Waals surface area contributed by atoms with Crippen molar-refractivity contribution in [2.24, 2.45) is 5.10 Å². The number of carbonyl (C=O) groups is 1. The van der Waals surface area contributed by atoms with E-state index in [1.54, 1.807) is 0 Å². The van der Waals surface area contributed by atoms with Crippen molar-refractivity contribution in [2.75, 3.05) is 11.9 Å². The number of amides is 2. The molecular formula is C31H22ClF6N3O2. The molecule has 0 fully saturated rings. The minimum absolute atomic E-state index is 0.000976. The smallest absolute Gasteiger partial charge is 0.406 e. The number of anilines is 1. The van der Waals surface area contributed by atoms with E-state index in [-0.39, 0.29) is 12.2 Å². The molecule has 12 heteroatoms. The standard InChI is InChI=1S/C31H22ClF6N3O2/c32-26-17-21(11-16-25(26)30(33,34)35)27-29(22-9-5-2-6-10-22,18-20-7-3-1-4-8-20)19-41(40-27)28(42)39-23-12-14-24(15-13-23)43-31(36,37)38/h1-17H,18-19H2,(H,39,42). The predicted octanol–water partition coefficient (Wildman–Crippen LogP) is 8.69. The van der Waals surface area contributed by atoms with Crippen LogP contribution in [0.5, 0.6) is 5.75 Å². The molecule has 0 spiro atoms. The number of hydrazone groups is 1. The van der Waals surface area contributed by atoms with Crippen LogP contribution in [0, 0.1) is 0 Å². The van der Waals surface area contributed by atoms with Crippen molar-refractivity contribution in [3.05, 3.63) is 130 Å². The van der Waals surface area contributed by atoms with E-state index in [9.17, 15) is 31.1 Å². The van der Waals surface area contributed by atoms with Crippen LogP contribution >= 0.6 is 11.6 Å². The Morgan fingerprint density at radius 3 is 2.09 bits per heavy atom. The van der Waals surface area contributed by atoms with E-state index < -0.39 is 40.3 Å². The van der Waals surface area contributed by atoms with Gasteiger partial charge in [0.1, 0.15) is 5.75 Å². The van der Waals surface area contributed by atoms with E-state index in [2.05, 4.69) is 15.2 Å². The molecule has 2 amide bonds. The van der Waals surface area contributed by atoms with Crippen LogP contribution in [0.3, 0.4) is 0 Å². The molecule has 5 rings (SSSR count). The van der Waals surface area contributed by atoms with Crippen LogP contribution < -0.4 is 10.1 Å². The summed E-state index contributed by atoms with van der Waals surface area (Å²) in [6.07, 6.45) is -9.20. The number of carbonyl (C=O) groups excluding carboxylic acids is 1. The average molecular weight is 618 g/mol.